The van der Waals surface area contributed by atoms with Gasteiger partial charge in [0.2, 0.25) is 0 Å². The van der Waals surface area contributed by atoms with Crippen molar-refractivity contribution in [1.82, 2.24) is 10.3 Å². The summed E-state index contributed by atoms with van der Waals surface area (Å²) in [6, 6.07) is 0. The number of amidine groups is 1. The average Bonchev–Trinajstić information content (AvgIpc) is 2.61. The van der Waals surface area contributed by atoms with E-state index in [1.54, 1.807) is 6.92 Å². The van der Waals surface area contributed by atoms with Crippen LogP contribution >= 0.6 is 0 Å². The Morgan fingerprint density at radius 1 is 1.60 bits per heavy atom. The molecule has 0 aliphatic rings. The molecule has 4 N–H and O–H groups in total. The molecule has 1 aromatic heterocycles. The number of nitrogens with zero attached hydrogens (tertiary/aromatic N) is 3. The van der Waals surface area contributed by atoms with E-state index in [9.17, 15) is 4.79 Å². The summed E-state index contributed by atoms with van der Waals surface area (Å²) in [4.78, 5) is 15.0. The molecular formula is C6H9N5O4. The molecule has 0 aromatic carbocycles. The van der Waals surface area contributed by atoms with E-state index in [0.29, 0.717) is 0 Å². The van der Waals surface area contributed by atoms with E-state index in [-0.39, 0.29) is 24.0 Å². The molecule has 0 fully saturated rings. The zero-order valence-electron chi connectivity index (χ0n) is 7.84. The summed E-state index contributed by atoms with van der Waals surface area (Å²) in [6.45, 7) is 1.79. The van der Waals surface area contributed by atoms with Crippen LogP contribution in [-0.2, 0) is 9.57 Å². The van der Waals surface area contributed by atoms with Gasteiger partial charge in [-0.1, -0.05) is 5.16 Å². The summed E-state index contributed by atoms with van der Waals surface area (Å²) in [6.07, 6.45) is -0.976. The second-order valence-corrected chi connectivity index (χ2v) is 2.25. The number of ether oxygens (including phenoxy) is 1. The van der Waals surface area contributed by atoms with Crippen molar-refractivity contribution >= 4 is 17.8 Å². The Labute approximate surface area is 83.9 Å². The molecular weight excluding hydrogens is 206 g/mol. The summed E-state index contributed by atoms with van der Waals surface area (Å²) in [5, 5.41) is 9.82. The molecule has 0 aliphatic heterocycles. The van der Waals surface area contributed by atoms with Crippen LogP contribution < -0.4 is 11.5 Å². The van der Waals surface area contributed by atoms with Gasteiger partial charge in [-0.25, -0.2) is 9.42 Å². The first-order valence-electron chi connectivity index (χ1n) is 3.90. The van der Waals surface area contributed by atoms with Gasteiger partial charge in [0, 0.05) is 0 Å². The number of nitrogen functional groups attached to an aromatic ring is 1. The van der Waals surface area contributed by atoms with E-state index < -0.39 is 6.16 Å². The maximum absolute atomic E-state index is 10.7. The topological polar surface area (TPSA) is 139 Å². The van der Waals surface area contributed by atoms with Crippen LogP contribution in [0.3, 0.4) is 0 Å². The minimum Gasteiger partial charge on any atom is -0.433 e. The third-order valence-corrected chi connectivity index (χ3v) is 1.24. The number of aromatic nitrogens is 2. The Bertz CT molecular complexity index is 373. The lowest BCUT2D eigenvalue weighted by atomic mass is 10.4. The summed E-state index contributed by atoms with van der Waals surface area (Å²) in [7, 11) is 0. The number of rotatable bonds is 3. The van der Waals surface area contributed by atoms with Crippen LogP contribution in [0.25, 0.3) is 0 Å². The molecule has 0 unspecified atom stereocenters. The molecule has 1 rings (SSSR count). The molecule has 0 saturated heterocycles. The maximum atomic E-state index is 10.7. The zero-order chi connectivity index (χ0) is 11.3. The van der Waals surface area contributed by atoms with Gasteiger partial charge in [0.05, 0.1) is 6.61 Å². The van der Waals surface area contributed by atoms with Gasteiger partial charge >= 0.3 is 6.16 Å². The largest absolute Gasteiger partial charge is 0.535 e. The summed E-state index contributed by atoms with van der Waals surface area (Å²) >= 11 is 0. The van der Waals surface area contributed by atoms with Gasteiger partial charge < -0.3 is 16.2 Å². The Kier molecular flexibility index (Phi) is 3.43. The first kappa shape index (κ1) is 10.8. The molecule has 1 heterocycles. The van der Waals surface area contributed by atoms with Crippen molar-refractivity contribution in [1.29, 1.82) is 0 Å². The molecule has 0 atom stereocenters. The lowest BCUT2D eigenvalue weighted by Gasteiger charge is -1.97. The summed E-state index contributed by atoms with van der Waals surface area (Å²) in [5.41, 5.74) is 10.7. The molecule has 0 saturated carbocycles. The van der Waals surface area contributed by atoms with Gasteiger partial charge in [-0.15, -0.1) is 0 Å². The normalized spacial score (nSPS) is 11.1. The second-order valence-electron chi connectivity index (χ2n) is 2.25. The Morgan fingerprint density at radius 3 is 2.87 bits per heavy atom. The molecule has 1 aromatic rings. The first-order chi connectivity index (χ1) is 7.15. The Hall–Kier alpha value is -2.32. The van der Waals surface area contributed by atoms with Crippen molar-refractivity contribution < 1.29 is 19.0 Å². The van der Waals surface area contributed by atoms with Gasteiger partial charge in [0.1, 0.15) is 0 Å². The average molecular weight is 215 g/mol. The SMILES string of the molecule is CCOC(=O)O/N=C(\N)c1nonc1N. The van der Waals surface area contributed by atoms with Crippen molar-refractivity contribution in [3.05, 3.63) is 5.69 Å². The van der Waals surface area contributed by atoms with Gasteiger partial charge in [0.25, 0.3) is 0 Å². The lowest BCUT2D eigenvalue weighted by molar-refractivity contribution is 0.0612. The summed E-state index contributed by atoms with van der Waals surface area (Å²) < 4.78 is 8.69. The van der Waals surface area contributed by atoms with Crippen LogP contribution in [0.1, 0.15) is 12.6 Å². The van der Waals surface area contributed by atoms with Gasteiger partial charge in [0.15, 0.2) is 17.3 Å². The standard InChI is InChI=1S/C6H9N5O4/c1-2-13-6(12)14-10-4(7)3-5(8)11-15-9-3/h2H2,1H3,(H2,7,10)(H2,8,11). The predicted octanol–water partition coefficient (Wildman–Crippen LogP) is -0.555. The van der Waals surface area contributed by atoms with Crippen LogP contribution in [0, 0.1) is 0 Å². The fraction of sp³-hybridized carbons (Fsp3) is 0.333. The summed E-state index contributed by atoms with van der Waals surface area (Å²) in [5.74, 6) is -0.287. The van der Waals surface area contributed by atoms with Crippen LogP contribution in [-0.4, -0.2) is 28.9 Å². The van der Waals surface area contributed by atoms with Crippen LogP contribution in [0.4, 0.5) is 10.6 Å². The third-order valence-electron chi connectivity index (χ3n) is 1.24. The molecule has 0 radical (unpaired) electrons. The van der Waals surface area contributed by atoms with Crippen molar-refractivity contribution in [3.63, 3.8) is 0 Å². The first-order valence-corrected chi connectivity index (χ1v) is 3.90. The number of carbonyl (C=O) groups is 1. The highest BCUT2D eigenvalue weighted by atomic mass is 16.8. The highest BCUT2D eigenvalue weighted by Crippen LogP contribution is 2.03. The molecule has 0 bridgehead atoms. The maximum Gasteiger partial charge on any atom is 0.535 e. The second kappa shape index (κ2) is 4.79. The minimum atomic E-state index is -0.976. The van der Waals surface area contributed by atoms with E-state index in [4.69, 9.17) is 11.5 Å². The van der Waals surface area contributed by atoms with E-state index in [0.717, 1.165) is 0 Å². The van der Waals surface area contributed by atoms with Crippen LogP contribution in [0.5, 0.6) is 0 Å². The van der Waals surface area contributed by atoms with E-state index in [1.165, 1.54) is 0 Å². The quantitative estimate of drug-likeness (QED) is 0.225. The fourth-order valence-electron chi connectivity index (χ4n) is 0.647. The van der Waals surface area contributed by atoms with E-state index >= 15 is 0 Å². The smallest absolute Gasteiger partial charge is 0.433 e. The Morgan fingerprint density at radius 2 is 2.33 bits per heavy atom. The Balaban J connectivity index is 2.61. The fourth-order valence-corrected chi connectivity index (χ4v) is 0.647. The molecule has 0 amide bonds. The van der Waals surface area contributed by atoms with Crippen molar-refractivity contribution in [2.24, 2.45) is 10.9 Å². The molecule has 9 nitrogen and oxygen atoms in total. The molecule has 0 aliphatic carbocycles. The molecule has 82 valence electrons. The minimum absolute atomic E-state index is 0.000650. The number of carbonyl (C=O) groups excluding carboxylic acids is 1. The number of nitrogens with two attached hydrogens (primary N) is 2. The zero-order valence-corrected chi connectivity index (χ0v) is 7.84. The van der Waals surface area contributed by atoms with Gasteiger partial charge in [-0.2, -0.15) is 0 Å². The van der Waals surface area contributed by atoms with Crippen LogP contribution in [0.15, 0.2) is 9.78 Å². The van der Waals surface area contributed by atoms with Crippen molar-refractivity contribution in [2.45, 2.75) is 6.92 Å². The lowest BCUT2D eigenvalue weighted by Crippen LogP contribution is -2.17. The van der Waals surface area contributed by atoms with E-state index in [1.807, 2.05) is 0 Å². The number of hydrogen-bond donors (Lipinski definition) is 2. The molecule has 15 heavy (non-hydrogen) atoms. The predicted molar refractivity (Wildman–Crippen MR) is 47.5 cm³/mol. The number of hydrogen-bond acceptors (Lipinski definition) is 8. The van der Waals surface area contributed by atoms with Crippen molar-refractivity contribution in [3.8, 4) is 0 Å². The number of anilines is 1. The van der Waals surface area contributed by atoms with Crippen molar-refractivity contribution in [2.75, 3.05) is 12.3 Å². The van der Waals surface area contributed by atoms with E-state index in [2.05, 4.69) is 29.7 Å². The molecule has 0 spiro atoms. The highest BCUT2D eigenvalue weighted by Gasteiger charge is 2.12. The van der Waals surface area contributed by atoms with Crippen LogP contribution in [0.2, 0.25) is 0 Å². The monoisotopic (exact) mass is 215 g/mol. The highest BCUT2D eigenvalue weighted by molar-refractivity contribution is 5.98. The number of oxime groups is 1. The molecule has 9 heteroatoms. The third kappa shape index (κ3) is 2.83. The van der Waals surface area contributed by atoms with Gasteiger partial charge in [-0.05, 0) is 17.2 Å². The van der Waals surface area contributed by atoms with Gasteiger partial charge in [-0.3, -0.25) is 4.84 Å².